The maximum Gasteiger partial charge on any atom is 0.226 e. The number of amides is 2. The number of nitrogens with one attached hydrogen (secondary N) is 2. The fourth-order valence-electron chi connectivity index (χ4n) is 4.87. The number of hydrogen-bond acceptors (Lipinski definition) is 6. The highest BCUT2D eigenvalue weighted by molar-refractivity contribution is 5.78. The molecule has 8 nitrogen and oxygen atoms in total. The van der Waals surface area contributed by atoms with Crippen LogP contribution >= 0.6 is 0 Å². The van der Waals surface area contributed by atoms with Crippen LogP contribution in [-0.4, -0.2) is 84.0 Å². The highest BCUT2D eigenvalue weighted by atomic mass is 16.5. The fraction of sp³-hybridized carbons (Fsp3) is 0.667. The topological polar surface area (TPSA) is 94.1 Å². The van der Waals surface area contributed by atoms with E-state index in [1.807, 2.05) is 23.1 Å². The van der Waals surface area contributed by atoms with Gasteiger partial charge in [0.05, 0.1) is 38.0 Å². The third-order valence-corrected chi connectivity index (χ3v) is 7.01. The summed E-state index contributed by atoms with van der Waals surface area (Å²) in [4.78, 5) is 29.0. The Balaban J connectivity index is 1.21. The van der Waals surface area contributed by atoms with Crippen LogP contribution in [0.5, 0.6) is 0 Å². The first-order valence-corrected chi connectivity index (χ1v) is 11.8. The molecule has 3 aliphatic heterocycles. The SMILES string of the molecule is C[C@H](CC(=O)N1CCC(O)(CN2CNC(NC3CCOC3)CC2=O)CC1)c1ccccc1. The Hall–Kier alpha value is -2.00. The fourth-order valence-corrected chi connectivity index (χ4v) is 4.87. The lowest BCUT2D eigenvalue weighted by Crippen LogP contribution is -2.61. The van der Waals surface area contributed by atoms with Crippen LogP contribution in [0, 0.1) is 0 Å². The van der Waals surface area contributed by atoms with E-state index in [-0.39, 0.29) is 23.9 Å². The summed E-state index contributed by atoms with van der Waals surface area (Å²) in [6, 6.07) is 10.4. The van der Waals surface area contributed by atoms with Gasteiger partial charge in [0.2, 0.25) is 11.8 Å². The summed E-state index contributed by atoms with van der Waals surface area (Å²) in [6.45, 7) is 5.31. The molecule has 1 aromatic rings. The number of rotatable bonds is 7. The summed E-state index contributed by atoms with van der Waals surface area (Å²) < 4.78 is 5.38. The van der Waals surface area contributed by atoms with Crippen LogP contribution in [0.1, 0.15) is 50.5 Å². The molecule has 3 saturated heterocycles. The van der Waals surface area contributed by atoms with E-state index in [0.29, 0.717) is 64.6 Å². The van der Waals surface area contributed by atoms with E-state index < -0.39 is 5.60 Å². The molecular formula is C24H36N4O4. The second-order valence-electron chi connectivity index (χ2n) is 9.56. The second kappa shape index (κ2) is 10.3. The molecule has 0 bridgehead atoms. The van der Waals surface area contributed by atoms with Crippen molar-refractivity contribution in [1.29, 1.82) is 0 Å². The predicted octanol–water partition coefficient (Wildman–Crippen LogP) is 1.02. The van der Waals surface area contributed by atoms with Crippen LogP contribution < -0.4 is 10.6 Å². The summed E-state index contributed by atoms with van der Waals surface area (Å²) in [5.74, 6) is 0.339. The molecule has 4 rings (SSSR count). The van der Waals surface area contributed by atoms with E-state index in [1.54, 1.807) is 4.90 Å². The van der Waals surface area contributed by atoms with Gasteiger partial charge < -0.3 is 19.6 Å². The first kappa shape index (κ1) is 23.2. The predicted molar refractivity (Wildman–Crippen MR) is 121 cm³/mol. The number of nitrogens with zero attached hydrogens (tertiary/aromatic N) is 2. The smallest absolute Gasteiger partial charge is 0.226 e. The lowest BCUT2D eigenvalue weighted by atomic mass is 9.89. The molecule has 1 aromatic carbocycles. The third kappa shape index (κ3) is 5.86. The van der Waals surface area contributed by atoms with Crippen molar-refractivity contribution >= 4 is 11.8 Å². The summed E-state index contributed by atoms with van der Waals surface area (Å²) in [5, 5.41) is 17.9. The van der Waals surface area contributed by atoms with E-state index in [9.17, 15) is 14.7 Å². The Kier molecular flexibility index (Phi) is 7.45. The van der Waals surface area contributed by atoms with E-state index >= 15 is 0 Å². The number of hydrogen-bond donors (Lipinski definition) is 3. The van der Waals surface area contributed by atoms with Crippen LogP contribution in [0.3, 0.4) is 0 Å². The molecule has 2 amide bonds. The van der Waals surface area contributed by atoms with Crippen molar-refractivity contribution in [3.63, 3.8) is 0 Å². The van der Waals surface area contributed by atoms with Crippen molar-refractivity contribution in [2.24, 2.45) is 0 Å². The summed E-state index contributed by atoms with van der Waals surface area (Å²) in [6.07, 6.45) is 2.74. The molecule has 3 aliphatic rings. The largest absolute Gasteiger partial charge is 0.388 e. The first-order chi connectivity index (χ1) is 15.4. The summed E-state index contributed by atoms with van der Waals surface area (Å²) in [5.41, 5.74) is 0.220. The molecule has 3 N–H and O–H groups in total. The molecule has 0 aliphatic carbocycles. The number of carbonyl (C=O) groups is 2. The van der Waals surface area contributed by atoms with E-state index in [1.165, 1.54) is 5.56 Å². The zero-order chi connectivity index (χ0) is 22.6. The molecule has 0 aromatic heterocycles. The normalized spacial score (nSPS) is 26.9. The number of benzene rings is 1. The Morgan fingerprint density at radius 2 is 2.06 bits per heavy atom. The average Bonchev–Trinajstić information content (AvgIpc) is 3.30. The third-order valence-electron chi connectivity index (χ3n) is 7.01. The molecule has 32 heavy (non-hydrogen) atoms. The molecule has 3 fully saturated rings. The molecule has 0 saturated carbocycles. The average molecular weight is 445 g/mol. The van der Waals surface area contributed by atoms with Crippen LogP contribution in [-0.2, 0) is 14.3 Å². The monoisotopic (exact) mass is 444 g/mol. The lowest BCUT2D eigenvalue weighted by Gasteiger charge is -2.43. The standard InChI is InChI=1S/C24H36N4O4/c1-18(19-5-3-2-4-6-19)13-22(29)27-10-8-24(31,9-11-27)16-28-17-25-21(14-23(28)30)26-20-7-12-32-15-20/h2-6,18,20-21,25-26,31H,7-17H2,1H3/t18-,20?,21?/m1/s1. The zero-order valence-corrected chi connectivity index (χ0v) is 19.0. The Morgan fingerprint density at radius 3 is 2.72 bits per heavy atom. The van der Waals surface area contributed by atoms with Crippen molar-refractivity contribution in [2.45, 2.75) is 62.8 Å². The number of β-amino-alcohol motifs (C(OH)–C–C–N with tert-alkyl or cyclic N) is 1. The number of ether oxygens (including phenoxy) is 1. The van der Waals surface area contributed by atoms with Gasteiger partial charge in [-0.3, -0.25) is 20.2 Å². The molecule has 3 atom stereocenters. The first-order valence-electron chi connectivity index (χ1n) is 11.8. The van der Waals surface area contributed by atoms with E-state index in [2.05, 4.69) is 29.7 Å². The van der Waals surface area contributed by atoms with Gasteiger partial charge in [0.25, 0.3) is 0 Å². The van der Waals surface area contributed by atoms with Crippen LogP contribution in [0.2, 0.25) is 0 Å². The van der Waals surface area contributed by atoms with Gasteiger partial charge in [-0.25, -0.2) is 0 Å². The minimum Gasteiger partial charge on any atom is -0.388 e. The number of piperidine rings is 1. The van der Waals surface area contributed by atoms with Gasteiger partial charge in [0.1, 0.15) is 0 Å². The summed E-state index contributed by atoms with van der Waals surface area (Å²) >= 11 is 0. The minimum absolute atomic E-state index is 0.0452. The van der Waals surface area contributed by atoms with Crippen molar-refractivity contribution in [3.05, 3.63) is 35.9 Å². The van der Waals surface area contributed by atoms with Gasteiger partial charge in [-0.2, -0.15) is 0 Å². The van der Waals surface area contributed by atoms with Gasteiger partial charge in [-0.1, -0.05) is 37.3 Å². The number of carbonyl (C=O) groups excluding carboxylic acids is 2. The number of likely N-dealkylation sites (tertiary alicyclic amines) is 1. The molecule has 2 unspecified atom stereocenters. The Morgan fingerprint density at radius 1 is 1.31 bits per heavy atom. The Labute approximate surface area is 190 Å². The van der Waals surface area contributed by atoms with Gasteiger partial charge in [-0.15, -0.1) is 0 Å². The maximum atomic E-state index is 12.8. The van der Waals surface area contributed by atoms with Crippen molar-refractivity contribution in [3.8, 4) is 0 Å². The number of aliphatic hydroxyl groups is 1. The van der Waals surface area contributed by atoms with Gasteiger partial charge >= 0.3 is 0 Å². The molecule has 176 valence electrons. The van der Waals surface area contributed by atoms with E-state index in [0.717, 1.165) is 13.0 Å². The Bertz CT molecular complexity index is 775. The molecule has 0 radical (unpaired) electrons. The molecular weight excluding hydrogens is 408 g/mol. The second-order valence-corrected chi connectivity index (χ2v) is 9.56. The molecule has 3 heterocycles. The van der Waals surface area contributed by atoms with Crippen LogP contribution in [0.25, 0.3) is 0 Å². The highest BCUT2D eigenvalue weighted by Crippen LogP contribution is 2.27. The van der Waals surface area contributed by atoms with Crippen molar-refractivity contribution in [1.82, 2.24) is 20.4 Å². The van der Waals surface area contributed by atoms with E-state index in [4.69, 9.17) is 4.74 Å². The van der Waals surface area contributed by atoms with Gasteiger partial charge in [0.15, 0.2) is 0 Å². The highest BCUT2D eigenvalue weighted by Gasteiger charge is 2.38. The lowest BCUT2D eigenvalue weighted by molar-refractivity contribution is -0.145. The van der Waals surface area contributed by atoms with Gasteiger partial charge in [0, 0.05) is 32.2 Å². The van der Waals surface area contributed by atoms with Crippen molar-refractivity contribution < 1.29 is 19.4 Å². The van der Waals surface area contributed by atoms with Crippen molar-refractivity contribution in [2.75, 3.05) is 39.5 Å². The molecule has 0 spiro atoms. The zero-order valence-electron chi connectivity index (χ0n) is 19.0. The quantitative estimate of drug-likeness (QED) is 0.581. The maximum absolute atomic E-state index is 12.8. The van der Waals surface area contributed by atoms with Gasteiger partial charge in [-0.05, 0) is 30.7 Å². The molecule has 8 heteroatoms. The minimum atomic E-state index is -0.946. The summed E-state index contributed by atoms with van der Waals surface area (Å²) in [7, 11) is 0. The van der Waals surface area contributed by atoms with Crippen LogP contribution in [0.4, 0.5) is 0 Å². The van der Waals surface area contributed by atoms with Crippen LogP contribution in [0.15, 0.2) is 30.3 Å².